The monoisotopic (exact) mass is 376 g/mol. The Morgan fingerprint density at radius 3 is 2.56 bits per heavy atom. The highest BCUT2D eigenvalue weighted by molar-refractivity contribution is 7.99. The molecule has 0 spiro atoms. The first-order valence-corrected chi connectivity index (χ1v) is 10.5. The van der Waals surface area contributed by atoms with Crippen molar-refractivity contribution in [3.63, 3.8) is 0 Å². The van der Waals surface area contributed by atoms with E-state index in [0.29, 0.717) is 5.92 Å². The first-order valence-electron chi connectivity index (χ1n) is 9.40. The molecule has 1 aliphatic heterocycles. The first kappa shape index (κ1) is 17.9. The molecule has 0 bridgehead atoms. The first-order chi connectivity index (χ1) is 13.1. The predicted molar refractivity (Wildman–Crippen MR) is 115 cm³/mol. The van der Waals surface area contributed by atoms with E-state index in [9.17, 15) is 4.79 Å². The number of amides is 2. The molecule has 1 heterocycles. The molecule has 3 nitrogen and oxygen atoms in total. The number of carbonyl (C=O) groups excluding carboxylic acids is 1. The van der Waals surface area contributed by atoms with Gasteiger partial charge in [0.05, 0.1) is 5.69 Å². The molecule has 4 rings (SSSR count). The fourth-order valence-electron chi connectivity index (χ4n) is 3.52. The number of anilines is 1. The molecule has 1 atom stereocenters. The zero-order chi connectivity index (χ0) is 18.8. The maximum absolute atomic E-state index is 13.0. The molecule has 2 amide bonds. The summed E-state index contributed by atoms with van der Waals surface area (Å²) in [5.41, 5.74) is 3.38. The number of benzene rings is 3. The lowest BCUT2D eigenvalue weighted by atomic mass is 10.0. The van der Waals surface area contributed by atoms with Crippen LogP contribution < -0.4 is 5.32 Å². The second-order valence-corrected chi connectivity index (χ2v) is 8.38. The molecule has 1 saturated heterocycles. The van der Waals surface area contributed by atoms with Crippen molar-refractivity contribution in [2.75, 3.05) is 17.6 Å². The van der Waals surface area contributed by atoms with E-state index in [2.05, 4.69) is 55.6 Å². The Balaban J connectivity index is 1.55. The average Bonchev–Trinajstić information content (AvgIpc) is 3.18. The van der Waals surface area contributed by atoms with Gasteiger partial charge in [0.1, 0.15) is 5.37 Å². The molecule has 1 fully saturated rings. The molecule has 1 aliphatic rings. The van der Waals surface area contributed by atoms with Gasteiger partial charge < -0.3 is 10.2 Å². The van der Waals surface area contributed by atoms with Crippen molar-refractivity contribution in [2.45, 2.75) is 25.1 Å². The average molecular weight is 377 g/mol. The normalized spacial score (nSPS) is 16.9. The Bertz CT molecular complexity index is 947. The van der Waals surface area contributed by atoms with Gasteiger partial charge >= 0.3 is 6.03 Å². The van der Waals surface area contributed by atoms with Crippen LogP contribution in [0.2, 0.25) is 0 Å². The summed E-state index contributed by atoms with van der Waals surface area (Å²) in [6, 6.07) is 22.8. The number of rotatable bonds is 3. The number of hydrogen-bond acceptors (Lipinski definition) is 2. The molecule has 4 heteroatoms. The van der Waals surface area contributed by atoms with Crippen LogP contribution in [0.25, 0.3) is 10.8 Å². The molecule has 1 N–H and O–H groups in total. The summed E-state index contributed by atoms with van der Waals surface area (Å²) in [6.45, 7) is 5.16. The third kappa shape index (κ3) is 3.67. The molecule has 3 aromatic carbocycles. The number of fused-ring (bicyclic) bond motifs is 1. The van der Waals surface area contributed by atoms with Crippen molar-refractivity contribution in [2.24, 2.45) is 0 Å². The van der Waals surface area contributed by atoms with Crippen LogP contribution >= 0.6 is 11.8 Å². The quantitative estimate of drug-likeness (QED) is 0.586. The summed E-state index contributed by atoms with van der Waals surface area (Å²) in [7, 11) is 0. The second-order valence-electron chi connectivity index (χ2n) is 7.19. The van der Waals surface area contributed by atoms with Crippen LogP contribution in [0.4, 0.5) is 10.5 Å². The van der Waals surface area contributed by atoms with Crippen LogP contribution in [0.3, 0.4) is 0 Å². The number of carbonyl (C=O) groups is 1. The van der Waals surface area contributed by atoms with Crippen LogP contribution in [0, 0.1) is 0 Å². The largest absolute Gasteiger partial charge is 0.323 e. The minimum absolute atomic E-state index is 0.0331. The van der Waals surface area contributed by atoms with Crippen molar-refractivity contribution in [3.8, 4) is 0 Å². The maximum atomic E-state index is 13.0. The molecular formula is C23H24N2OS. The molecule has 1 unspecified atom stereocenters. The Morgan fingerprint density at radius 1 is 1.04 bits per heavy atom. The molecule has 138 valence electrons. The lowest BCUT2D eigenvalue weighted by molar-refractivity contribution is 0.214. The van der Waals surface area contributed by atoms with E-state index < -0.39 is 0 Å². The lowest BCUT2D eigenvalue weighted by Gasteiger charge is -2.25. The van der Waals surface area contributed by atoms with Crippen LogP contribution in [-0.4, -0.2) is 23.2 Å². The van der Waals surface area contributed by atoms with Gasteiger partial charge in [0, 0.05) is 17.7 Å². The maximum Gasteiger partial charge on any atom is 0.323 e. The standard InChI is InChI=1S/C23H24N2OS/c1-16(2)17-10-12-19(13-11-17)22-25(14-15-27-22)23(26)24-21-9-5-7-18-6-3-4-8-20(18)21/h3-13,16,22H,14-15H2,1-2H3,(H,24,26). The van der Waals surface area contributed by atoms with E-state index in [0.717, 1.165) is 28.8 Å². The van der Waals surface area contributed by atoms with Crippen LogP contribution in [0.1, 0.15) is 36.3 Å². The van der Waals surface area contributed by atoms with Crippen LogP contribution in [0.15, 0.2) is 66.7 Å². The minimum Gasteiger partial charge on any atom is -0.308 e. The second kappa shape index (κ2) is 7.65. The molecule has 0 aromatic heterocycles. The number of nitrogens with zero attached hydrogens (tertiary/aromatic N) is 1. The van der Waals surface area contributed by atoms with Gasteiger partial charge in [-0.3, -0.25) is 0 Å². The van der Waals surface area contributed by atoms with Crippen molar-refractivity contribution in [1.82, 2.24) is 4.90 Å². The smallest absolute Gasteiger partial charge is 0.308 e. The number of thioether (sulfide) groups is 1. The number of urea groups is 1. The summed E-state index contributed by atoms with van der Waals surface area (Å²) in [4.78, 5) is 15.0. The highest BCUT2D eigenvalue weighted by atomic mass is 32.2. The van der Waals surface area contributed by atoms with Crippen LogP contribution in [0.5, 0.6) is 0 Å². The Morgan fingerprint density at radius 2 is 1.78 bits per heavy atom. The van der Waals surface area contributed by atoms with Gasteiger partial charge in [0.2, 0.25) is 0 Å². The fraction of sp³-hybridized carbons (Fsp3) is 0.261. The Kier molecular flexibility index (Phi) is 5.08. The van der Waals surface area contributed by atoms with Gasteiger partial charge in [-0.15, -0.1) is 11.8 Å². The highest BCUT2D eigenvalue weighted by Gasteiger charge is 2.30. The van der Waals surface area contributed by atoms with E-state index in [1.54, 1.807) is 0 Å². The fourth-order valence-corrected chi connectivity index (χ4v) is 4.78. The van der Waals surface area contributed by atoms with Crippen molar-refractivity contribution < 1.29 is 4.79 Å². The van der Waals surface area contributed by atoms with Gasteiger partial charge in [0.25, 0.3) is 0 Å². The third-order valence-electron chi connectivity index (χ3n) is 5.07. The summed E-state index contributed by atoms with van der Waals surface area (Å²) < 4.78 is 0. The molecule has 27 heavy (non-hydrogen) atoms. The summed E-state index contributed by atoms with van der Waals surface area (Å²) >= 11 is 1.83. The van der Waals surface area contributed by atoms with Gasteiger partial charge in [0.15, 0.2) is 0 Å². The lowest BCUT2D eigenvalue weighted by Crippen LogP contribution is -2.34. The molecule has 0 aliphatic carbocycles. The van der Waals surface area contributed by atoms with Gasteiger partial charge in [-0.25, -0.2) is 4.79 Å². The number of nitrogens with one attached hydrogen (secondary N) is 1. The molecule has 0 saturated carbocycles. The molecule has 3 aromatic rings. The zero-order valence-corrected chi connectivity index (χ0v) is 16.5. The Labute approximate surface area is 164 Å². The zero-order valence-electron chi connectivity index (χ0n) is 15.7. The van der Waals surface area contributed by atoms with Crippen molar-refractivity contribution in [1.29, 1.82) is 0 Å². The van der Waals surface area contributed by atoms with E-state index >= 15 is 0 Å². The summed E-state index contributed by atoms with van der Waals surface area (Å²) in [6.07, 6.45) is 0. The van der Waals surface area contributed by atoms with Crippen molar-refractivity contribution >= 4 is 34.3 Å². The van der Waals surface area contributed by atoms with E-state index in [4.69, 9.17) is 0 Å². The van der Waals surface area contributed by atoms with Crippen molar-refractivity contribution in [3.05, 3.63) is 77.9 Å². The summed E-state index contributed by atoms with van der Waals surface area (Å²) in [5.74, 6) is 1.47. The Hall–Kier alpha value is -2.46. The minimum atomic E-state index is -0.0331. The van der Waals surface area contributed by atoms with Crippen LogP contribution in [-0.2, 0) is 0 Å². The summed E-state index contributed by atoms with van der Waals surface area (Å²) in [5, 5.41) is 5.40. The molecule has 0 radical (unpaired) electrons. The third-order valence-corrected chi connectivity index (χ3v) is 6.33. The SMILES string of the molecule is CC(C)c1ccc(C2SCCN2C(=O)Nc2cccc3ccccc23)cc1. The van der Waals surface area contributed by atoms with E-state index in [1.165, 1.54) is 11.1 Å². The predicted octanol–water partition coefficient (Wildman–Crippen LogP) is 6.24. The van der Waals surface area contributed by atoms with Gasteiger partial charge in [-0.05, 0) is 28.5 Å². The number of hydrogen-bond donors (Lipinski definition) is 1. The topological polar surface area (TPSA) is 32.3 Å². The molecular weight excluding hydrogens is 352 g/mol. The highest BCUT2D eigenvalue weighted by Crippen LogP contribution is 2.38. The van der Waals surface area contributed by atoms with E-state index in [-0.39, 0.29) is 11.4 Å². The van der Waals surface area contributed by atoms with E-state index in [1.807, 2.05) is 47.0 Å². The van der Waals surface area contributed by atoms with Gasteiger partial charge in [-0.2, -0.15) is 0 Å². The van der Waals surface area contributed by atoms with Gasteiger partial charge in [-0.1, -0.05) is 74.5 Å².